The molecule has 30 heavy (non-hydrogen) atoms. The first-order valence-corrected chi connectivity index (χ1v) is 9.97. The Morgan fingerprint density at radius 2 is 1.77 bits per heavy atom. The van der Waals surface area contributed by atoms with Crippen LogP contribution in [0.15, 0.2) is 79.1 Å². The Balaban J connectivity index is 1.75. The van der Waals surface area contributed by atoms with Crippen molar-refractivity contribution in [3.05, 3.63) is 102 Å². The number of benzene rings is 2. The van der Waals surface area contributed by atoms with E-state index < -0.39 is 0 Å². The molecule has 1 atom stereocenters. The summed E-state index contributed by atoms with van der Waals surface area (Å²) in [5.41, 5.74) is 6.13. The predicted octanol–water partition coefficient (Wildman–Crippen LogP) is 5.04. The van der Waals surface area contributed by atoms with E-state index in [1.807, 2.05) is 74.5 Å². The highest BCUT2D eigenvalue weighted by molar-refractivity contribution is 6.00. The van der Waals surface area contributed by atoms with Crippen molar-refractivity contribution in [3.63, 3.8) is 0 Å². The van der Waals surface area contributed by atoms with Gasteiger partial charge in [0.1, 0.15) is 5.69 Å². The lowest BCUT2D eigenvalue weighted by Crippen LogP contribution is -2.27. The number of aromatic nitrogens is 3. The minimum absolute atomic E-state index is 0.176. The number of para-hydroxylation sites is 1. The molecule has 2 heterocycles. The van der Waals surface area contributed by atoms with Crippen molar-refractivity contribution >= 4 is 5.91 Å². The van der Waals surface area contributed by atoms with Crippen LogP contribution in [0.4, 0.5) is 0 Å². The Labute approximate surface area is 176 Å². The van der Waals surface area contributed by atoms with Crippen LogP contribution in [0.1, 0.15) is 40.1 Å². The predicted molar refractivity (Wildman–Crippen MR) is 119 cm³/mol. The maximum atomic E-state index is 13.3. The van der Waals surface area contributed by atoms with Crippen LogP contribution in [0.25, 0.3) is 16.9 Å². The first kappa shape index (κ1) is 19.6. The van der Waals surface area contributed by atoms with Gasteiger partial charge in [-0.05, 0) is 50.6 Å². The summed E-state index contributed by atoms with van der Waals surface area (Å²) in [4.78, 5) is 17.6. The van der Waals surface area contributed by atoms with Gasteiger partial charge in [0.25, 0.3) is 5.91 Å². The summed E-state index contributed by atoms with van der Waals surface area (Å²) in [6.45, 7) is 6.03. The van der Waals surface area contributed by atoms with Crippen LogP contribution in [0, 0.1) is 13.8 Å². The number of aryl methyl sites for hydroxylation is 2. The van der Waals surface area contributed by atoms with Gasteiger partial charge >= 0.3 is 0 Å². The largest absolute Gasteiger partial charge is 0.344 e. The third kappa shape index (κ3) is 4.01. The standard InChI is InChI=1S/C25H24N4O/c1-17-12-13-21(18(2)15-17)24-22(16-29(28-24)20-9-5-4-6-10-20)25(30)27-19(3)23-11-7-8-14-26-23/h4-16,19H,1-3H3,(H,27,30). The number of nitrogens with zero attached hydrogens (tertiary/aromatic N) is 3. The molecule has 4 rings (SSSR count). The Hall–Kier alpha value is -3.73. The van der Waals surface area contributed by atoms with Crippen LogP contribution in [0.2, 0.25) is 0 Å². The Morgan fingerprint density at radius 1 is 1.00 bits per heavy atom. The van der Waals surface area contributed by atoms with Crippen LogP contribution in [-0.2, 0) is 0 Å². The summed E-state index contributed by atoms with van der Waals surface area (Å²) in [5.74, 6) is -0.176. The highest BCUT2D eigenvalue weighted by Crippen LogP contribution is 2.28. The molecule has 0 saturated carbocycles. The average Bonchev–Trinajstić information content (AvgIpc) is 3.20. The minimum Gasteiger partial charge on any atom is -0.344 e. The molecule has 0 spiro atoms. The van der Waals surface area contributed by atoms with Crippen LogP contribution >= 0.6 is 0 Å². The number of carbonyl (C=O) groups is 1. The summed E-state index contributed by atoms with van der Waals surface area (Å²) in [5, 5.41) is 7.85. The number of hydrogen-bond acceptors (Lipinski definition) is 3. The third-order valence-electron chi connectivity index (χ3n) is 5.10. The average molecular weight is 396 g/mol. The lowest BCUT2D eigenvalue weighted by Gasteiger charge is -2.13. The number of pyridine rings is 1. The molecule has 4 aromatic rings. The van der Waals surface area contributed by atoms with E-state index in [0.29, 0.717) is 11.3 Å². The fourth-order valence-electron chi connectivity index (χ4n) is 3.51. The first-order chi connectivity index (χ1) is 14.5. The second kappa shape index (κ2) is 8.33. The summed E-state index contributed by atoms with van der Waals surface area (Å²) < 4.78 is 1.76. The monoisotopic (exact) mass is 396 g/mol. The van der Waals surface area contributed by atoms with Crippen molar-refractivity contribution in [2.75, 3.05) is 0 Å². The molecule has 5 nitrogen and oxygen atoms in total. The highest BCUT2D eigenvalue weighted by atomic mass is 16.1. The fourth-order valence-corrected chi connectivity index (χ4v) is 3.51. The zero-order valence-corrected chi connectivity index (χ0v) is 17.3. The fraction of sp³-hybridized carbons (Fsp3) is 0.160. The summed E-state index contributed by atoms with van der Waals surface area (Å²) in [7, 11) is 0. The highest BCUT2D eigenvalue weighted by Gasteiger charge is 2.21. The maximum absolute atomic E-state index is 13.3. The molecule has 5 heteroatoms. The van der Waals surface area contributed by atoms with Crippen LogP contribution in [-0.4, -0.2) is 20.7 Å². The molecular weight excluding hydrogens is 372 g/mol. The Morgan fingerprint density at radius 3 is 2.47 bits per heavy atom. The molecule has 2 aromatic carbocycles. The van der Waals surface area contributed by atoms with Crippen molar-refractivity contribution in [3.8, 4) is 16.9 Å². The smallest absolute Gasteiger partial charge is 0.255 e. The van der Waals surface area contributed by atoms with Crippen molar-refractivity contribution in [1.29, 1.82) is 0 Å². The quantitative estimate of drug-likeness (QED) is 0.514. The molecule has 0 fully saturated rings. The third-order valence-corrected chi connectivity index (χ3v) is 5.10. The van der Waals surface area contributed by atoms with Gasteiger partial charge in [-0.15, -0.1) is 0 Å². The normalized spacial score (nSPS) is 11.8. The summed E-state index contributed by atoms with van der Waals surface area (Å²) in [6.07, 6.45) is 3.52. The molecular formula is C25H24N4O. The van der Waals surface area contributed by atoms with Crippen molar-refractivity contribution in [1.82, 2.24) is 20.1 Å². The van der Waals surface area contributed by atoms with E-state index in [1.54, 1.807) is 17.1 Å². The van der Waals surface area contributed by atoms with Gasteiger partial charge in [-0.3, -0.25) is 9.78 Å². The van der Waals surface area contributed by atoms with Crippen molar-refractivity contribution in [2.45, 2.75) is 26.8 Å². The van der Waals surface area contributed by atoms with E-state index in [4.69, 9.17) is 5.10 Å². The molecule has 150 valence electrons. The van der Waals surface area contributed by atoms with Gasteiger partial charge in [0, 0.05) is 18.0 Å². The molecule has 0 aliphatic rings. The van der Waals surface area contributed by atoms with Gasteiger partial charge in [-0.2, -0.15) is 5.10 Å². The molecule has 0 radical (unpaired) electrons. The van der Waals surface area contributed by atoms with E-state index in [1.165, 1.54) is 5.56 Å². The van der Waals surface area contributed by atoms with Crippen LogP contribution < -0.4 is 5.32 Å². The Bertz CT molecular complexity index is 1170. The van der Waals surface area contributed by atoms with Crippen molar-refractivity contribution in [2.24, 2.45) is 0 Å². The van der Waals surface area contributed by atoms with E-state index in [9.17, 15) is 4.79 Å². The SMILES string of the molecule is Cc1ccc(-c2nn(-c3ccccc3)cc2C(=O)NC(C)c2ccccn2)c(C)c1. The number of hydrogen-bond donors (Lipinski definition) is 1. The molecule has 1 N–H and O–H groups in total. The molecule has 1 unspecified atom stereocenters. The molecule has 1 amide bonds. The van der Waals surface area contributed by atoms with Gasteiger partial charge in [0.15, 0.2) is 0 Å². The van der Waals surface area contributed by atoms with E-state index in [-0.39, 0.29) is 11.9 Å². The van der Waals surface area contributed by atoms with Gasteiger partial charge in [-0.25, -0.2) is 4.68 Å². The zero-order valence-electron chi connectivity index (χ0n) is 17.3. The second-order valence-electron chi connectivity index (χ2n) is 7.44. The van der Waals surface area contributed by atoms with Crippen LogP contribution in [0.5, 0.6) is 0 Å². The van der Waals surface area contributed by atoms with Gasteiger partial charge in [-0.1, -0.05) is 48.0 Å². The van der Waals surface area contributed by atoms with E-state index >= 15 is 0 Å². The number of carbonyl (C=O) groups excluding carboxylic acids is 1. The Kier molecular flexibility index (Phi) is 5.44. The number of rotatable bonds is 5. The first-order valence-electron chi connectivity index (χ1n) is 9.97. The van der Waals surface area contributed by atoms with Crippen LogP contribution in [0.3, 0.4) is 0 Å². The molecule has 0 aliphatic heterocycles. The van der Waals surface area contributed by atoms with Crippen molar-refractivity contribution < 1.29 is 4.79 Å². The zero-order chi connectivity index (χ0) is 21.1. The molecule has 0 saturated heterocycles. The topological polar surface area (TPSA) is 59.8 Å². The maximum Gasteiger partial charge on any atom is 0.255 e. The van der Waals surface area contributed by atoms with E-state index in [2.05, 4.69) is 23.3 Å². The van der Waals surface area contributed by atoms with Gasteiger partial charge in [0.2, 0.25) is 0 Å². The lowest BCUT2D eigenvalue weighted by molar-refractivity contribution is 0.0939. The summed E-state index contributed by atoms with van der Waals surface area (Å²) in [6, 6.07) is 21.5. The second-order valence-corrected chi connectivity index (χ2v) is 7.44. The number of amides is 1. The lowest BCUT2D eigenvalue weighted by atomic mass is 10.0. The number of nitrogens with one attached hydrogen (secondary N) is 1. The molecule has 0 bridgehead atoms. The van der Waals surface area contributed by atoms with E-state index in [0.717, 1.165) is 22.5 Å². The molecule has 2 aromatic heterocycles. The molecule has 0 aliphatic carbocycles. The minimum atomic E-state index is -0.217. The summed E-state index contributed by atoms with van der Waals surface area (Å²) >= 11 is 0. The van der Waals surface area contributed by atoms with Gasteiger partial charge < -0.3 is 5.32 Å². The van der Waals surface area contributed by atoms with Gasteiger partial charge in [0.05, 0.1) is 23.0 Å².